The molecule has 0 aliphatic heterocycles. The molecule has 0 saturated carbocycles. The first-order valence-electron chi connectivity index (χ1n) is 7.83. The van der Waals surface area contributed by atoms with E-state index in [2.05, 4.69) is 4.98 Å². The summed E-state index contributed by atoms with van der Waals surface area (Å²) in [6.45, 7) is 6.95. The number of nitro groups is 1. The van der Waals surface area contributed by atoms with E-state index in [1.165, 1.54) is 17.2 Å². The van der Waals surface area contributed by atoms with Crippen LogP contribution < -0.4 is 34.5 Å². The van der Waals surface area contributed by atoms with E-state index < -0.39 is 16.6 Å². The molecular formula is C18H22N3NaO4. The summed E-state index contributed by atoms with van der Waals surface area (Å²) in [7, 11) is 0. The molecule has 1 heterocycles. The number of anilines is 1. The summed E-state index contributed by atoms with van der Waals surface area (Å²) in [6.07, 6.45) is 0.762. The first-order valence-corrected chi connectivity index (χ1v) is 7.83. The molecule has 0 radical (unpaired) electrons. The predicted octanol–water partition coefficient (Wildman–Crippen LogP) is 1.36. The summed E-state index contributed by atoms with van der Waals surface area (Å²) < 4.78 is 5.43. The van der Waals surface area contributed by atoms with Crippen LogP contribution in [0.5, 0.6) is 0 Å². The maximum atomic E-state index is 12.7. The van der Waals surface area contributed by atoms with Crippen molar-refractivity contribution in [1.29, 1.82) is 0 Å². The Morgan fingerprint density at radius 3 is 2.42 bits per heavy atom. The zero-order chi connectivity index (χ0) is 18.6. The van der Waals surface area contributed by atoms with Crippen LogP contribution in [0.1, 0.15) is 33.3 Å². The fraction of sp³-hybridized carbons (Fsp3) is 0.333. The average molecular weight is 367 g/mol. The van der Waals surface area contributed by atoms with Gasteiger partial charge < -0.3 is 6.16 Å². The minimum atomic E-state index is -0.732. The summed E-state index contributed by atoms with van der Waals surface area (Å²) >= 11 is 0. The number of aromatic nitrogens is 1. The SMILES string of the molecule is Cc1ccnc(N(Cc2ccccc2)C(=O)OC(C)(C)C)c1[N+](=O)[O-].[H-].[Na+]. The molecule has 0 fully saturated rings. The third-order valence-electron chi connectivity index (χ3n) is 3.34. The molecule has 1 aromatic carbocycles. The van der Waals surface area contributed by atoms with Crippen molar-refractivity contribution in [2.75, 3.05) is 4.90 Å². The Bertz CT molecular complexity index is 782. The van der Waals surface area contributed by atoms with Crippen molar-refractivity contribution in [2.24, 2.45) is 0 Å². The molecule has 0 bridgehead atoms. The maximum absolute atomic E-state index is 12.7. The van der Waals surface area contributed by atoms with E-state index in [1.807, 2.05) is 30.3 Å². The number of amides is 1. The van der Waals surface area contributed by atoms with Crippen LogP contribution in [0.3, 0.4) is 0 Å². The molecule has 134 valence electrons. The summed E-state index contributed by atoms with van der Waals surface area (Å²) in [4.78, 5) is 28.9. The van der Waals surface area contributed by atoms with Crippen LogP contribution in [0.4, 0.5) is 16.3 Å². The number of benzene rings is 1. The average Bonchev–Trinajstić information content (AvgIpc) is 2.51. The second-order valence-corrected chi connectivity index (χ2v) is 6.61. The van der Waals surface area contributed by atoms with Gasteiger partial charge in [-0.2, -0.15) is 0 Å². The second-order valence-electron chi connectivity index (χ2n) is 6.61. The Morgan fingerprint density at radius 2 is 1.88 bits per heavy atom. The van der Waals surface area contributed by atoms with Gasteiger partial charge in [0.05, 0.1) is 11.5 Å². The first-order chi connectivity index (χ1) is 11.7. The summed E-state index contributed by atoms with van der Waals surface area (Å²) in [6, 6.07) is 10.7. The van der Waals surface area contributed by atoms with Gasteiger partial charge in [0.2, 0.25) is 5.82 Å². The van der Waals surface area contributed by atoms with Gasteiger partial charge in [0.15, 0.2) is 0 Å². The van der Waals surface area contributed by atoms with E-state index in [9.17, 15) is 14.9 Å². The number of ether oxygens (including phenoxy) is 1. The Balaban J connectivity index is 0.00000338. The minimum absolute atomic E-state index is 0. The van der Waals surface area contributed by atoms with Gasteiger partial charge in [-0.25, -0.2) is 9.78 Å². The summed E-state index contributed by atoms with van der Waals surface area (Å²) in [5.74, 6) is -0.0249. The molecule has 0 atom stereocenters. The molecule has 0 unspecified atom stereocenters. The molecule has 0 N–H and O–H groups in total. The van der Waals surface area contributed by atoms with Crippen LogP contribution in [-0.2, 0) is 11.3 Å². The van der Waals surface area contributed by atoms with Crippen molar-refractivity contribution >= 4 is 17.6 Å². The number of nitrogens with zero attached hydrogens (tertiary/aromatic N) is 3. The zero-order valence-corrected chi connectivity index (χ0v) is 17.7. The summed E-state index contributed by atoms with van der Waals surface area (Å²) in [5.41, 5.74) is 0.303. The fourth-order valence-corrected chi connectivity index (χ4v) is 2.27. The predicted molar refractivity (Wildman–Crippen MR) is 95.6 cm³/mol. The molecule has 0 aliphatic rings. The van der Waals surface area contributed by atoms with Crippen molar-refractivity contribution in [3.05, 3.63) is 63.8 Å². The third-order valence-corrected chi connectivity index (χ3v) is 3.34. The largest absolute Gasteiger partial charge is 1.00 e. The second kappa shape index (κ2) is 9.12. The number of hydrogen-bond donors (Lipinski definition) is 0. The number of carbonyl (C=O) groups excluding carboxylic acids is 1. The Labute approximate surface area is 176 Å². The summed E-state index contributed by atoms with van der Waals surface area (Å²) in [5, 5.41) is 11.5. The molecule has 8 heteroatoms. The fourth-order valence-electron chi connectivity index (χ4n) is 2.27. The van der Waals surface area contributed by atoms with Crippen LogP contribution in [0.2, 0.25) is 0 Å². The van der Waals surface area contributed by atoms with E-state index >= 15 is 0 Å². The quantitative estimate of drug-likeness (QED) is 0.463. The number of rotatable bonds is 4. The van der Waals surface area contributed by atoms with Gasteiger partial charge in [-0.05, 0) is 39.3 Å². The normalized spacial score (nSPS) is 10.6. The van der Waals surface area contributed by atoms with E-state index in [0.29, 0.717) is 5.56 Å². The molecular weight excluding hydrogens is 345 g/mol. The van der Waals surface area contributed by atoms with Crippen LogP contribution in [0, 0.1) is 17.0 Å². The molecule has 7 nitrogen and oxygen atoms in total. The van der Waals surface area contributed by atoms with Crippen molar-refractivity contribution in [3.63, 3.8) is 0 Å². The van der Waals surface area contributed by atoms with E-state index in [-0.39, 0.29) is 49.0 Å². The van der Waals surface area contributed by atoms with E-state index in [1.54, 1.807) is 27.7 Å². The Morgan fingerprint density at radius 1 is 1.27 bits per heavy atom. The van der Waals surface area contributed by atoms with Gasteiger partial charge in [-0.1, -0.05) is 30.3 Å². The van der Waals surface area contributed by atoms with Crippen LogP contribution in [-0.4, -0.2) is 21.6 Å². The zero-order valence-electron chi connectivity index (χ0n) is 16.7. The van der Waals surface area contributed by atoms with Crippen molar-refractivity contribution < 1.29 is 45.4 Å². The number of carbonyl (C=O) groups is 1. The van der Waals surface area contributed by atoms with Gasteiger partial charge >= 0.3 is 41.3 Å². The number of hydrogen-bond acceptors (Lipinski definition) is 5. The monoisotopic (exact) mass is 367 g/mol. The molecule has 2 rings (SSSR count). The van der Waals surface area contributed by atoms with Gasteiger partial charge in [0.1, 0.15) is 5.60 Å². The van der Waals surface area contributed by atoms with Crippen LogP contribution >= 0.6 is 0 Å². The van der Waals surface area contributed by atoms with Gasteiger partial charge in [0.25, 0.3) is 0 Å². The smallest absolute Gasteiger partial charge is 1.00 e. The molecule has 0 spiro atoms. The van der Waals surface area contributed by atoms with E-state index in [4.69, 9.17) is 4.74 Å². The molecule has 2 aromatic rings. The molecule has 0 saturated heterocycles. The number of pyridine rings is 1. The van der Waals surface area contributed by atoms with Crippen molar-refractivity contribution in [3.8, 4) is 0 Å². The Kier molecular flexibility index (Phi) is 7.74. The van der Waals surface area contributed by atoms with E-state index in [0.717, 1.165) is 5.56 Å². The van der Waals surface area contributed by atoms with Crippen LogP contribution in [0.15, 0.2) is 42.6 Å². The van der Waals surface area contributed by atoms with Crippen LogP contribution in [0.25, 0.3) is 0 Å². The Hall–Kier alpha value is -1.96. The maximum Gasteiger partial charge on any atom is 1.00 e. The first kappa shape index (κ1) is 22.1. The van der Waals surface area contributed by atoms with Gasteiger partial charge in [-0.3, -0.25) is 15.0 Å². The number of aryl methyl sites for hydroxylation is 1. The van der Waals surface area contributed by atoms with Gasteiger partial charge in [-0.15, -0.1) is 0 Å². The molecule has 0 aliphatic carbocycles. The molecule has 1 amide bonds. The third kappa shape index (κ3) is 5.79. The minimum Gasteiger partial charge on any atom is -1.00 e. The standard InChI is InChI=1S/C18H21N3O4.Na.H/c1-13-10-11-19-16(15(13)21(23)24)20(17(22)25-18(2,3)4)12-14-8-6-5-7-9-14;;/h5-11H,12H2,1-4H3;;/q;+1;-1. The topological polar surface area (TPSA) is 85.6 Å². The van der Waals surface area contributed by atoms with Crippen molar-refractivity contribution in [1.82, 2.24) is 4.98 Å². The van der Waals surface area contributed by atoms with Crippen molar-refractivity contribution in [2.45, 2.75) is 39.8 Å². The molecule has 1 aromatic heterocycles. The molecule has 26 heavy (non-hydrogen) atoms. The van der Waals surface area contributed by atoms with Gasteiger partial charge in [0, 0.05) is 11.8 Å².